The Morgan fingerprint density at radius 2 is 1.86 bits per heavy atom. The molecule has 3 aliphatic rings. The minimum Gasteiger partial charge on any atom is -0.371 e. The Kier molecular flexibility index (Phi) is 5.40. The van der Waals surface area contributed by atoms with Crippen LogP contribution in [0.5, 0.6) is 0 Å². The highest BCUT2D eigenvalue weighted by atomic mass is 79.9. The van der Waals surface area contributed by atoms with Gasteiger partial charge >= 0.3 is 0 Å². The summed E-state index contributed by atoms with van der Waals surface area (Å²) in [5, 5.41) is 0. The standard InChI is InChI=1S/C15H19Br3O3/c1-3-9-7(16)5-8(17)14(20-9)13(18)15-12-6-11(21-15)10(4-2)19-12/h2,7-15H,3,5-6H2,1H3/t7-,8+,9+,10+,11-,12-,13+,14+,15+/m1/s1. The van der Waals surface area contributed by atoms with Crippen molar-refractivity contribution in [3.8, 4) is 12.3 Å². The van der Waals surface area contributed by atoms with E-state index in [-0.39, 0.29) is 41.5 Å². The third-order valence-electron chi connectivity index (χ3n) is 4.56. The van der Waals surface area contributed by atoms with E-state index in [9.17, 15) is 0 Å². The maximum absolute atomic E-state index is 6.28. The first-order chi connectivity index (χ1) is 10.0. The summed E-state index contributed by atoms with van der Waals surface area (Å²) in [4.78, 5) is 0.788. The van der Waals surface area contributed by atoms with Gasteiger partial charge in [-0.2, -0.15) is 0 Å². The van der Waals surface area contributed by atoms with Crippen LogP contribution in [-0.4, -0.2) is 51.1 Å². The van der Waals surface area contributed by atoms with Gasteiger partial charge in [-0.05, 0) is 12.8 Å². The fourth-order valence-corrected chi connectivity index (χ4v) is 7.05. The lowest BCUT2D eigenvalue weighted by molar-refractivity contribution is -0.136. The van der Waals surface area contributed by atoms with Crippen LogP contribution in [0.2, 0.25) is 0 Å². The summed E-state index contributed by atoms with van der Waals surface area (Å²) in [5.41, 5.74) is 0. The van der Waals surface area contributed by atoms with Crippen molar-refractivity contribution in [3.05, 3.63) is 0 Å². The van der Waals surface area contributed by atoms with E-state index in [1.165, 1.54) is 0 Å². The first-order valence-electron chi connectivity index (χ1n) is 7.39. The van der Waals surface area contributed by atoms with Gasteiger partial charge < -0.3 is 14.2 Å². The molecular formula is C15H19Br3O3. The van der Waals surface area contributed by atoms with Crippen LogP contribution in [-0.2, 0) is 14.2 Å². The van der Waals surface area contributed by atoms with Crippen molar-refractivity contribution < 1.29 is 14.2 Å². The number of rotatable bonds is 3. The zero-order valence-electron chi connectivity index (χ0n) is 11.8. The molecule has 0 aromatic carbocycles. The minimum absolute atomic E-state index is 0.00836. The minimum atomic E-state index is -0.187. The summed E-state index contributed by atoms with van der Waals surface area (Å²) < 4.78 is 18.2. The highest BCUT2D eigenvalue weighted by Gasteiger charge is 2.53. The second-order valence-electron chi connectivity index (χ2n) is 5.90. The summed E-state index contributed by atoms with van der Waals surface area (Å²) in [7, 11) is 0. The van der Waals surface area contributed by atoms with Crippen LogP contribution in [0.4, 0.5) is 0 Å². The molecule has 118 valence electrons. The van der Waals surface area contributed by atoms with Crippen LogP contribution < -0.4 is 0 Å². The van der Waals surface area contributed by atoms with Gasteiger partial charge in [-0.3, -0.25) is 0 Å². The van der Waals surface area contributed by atoms with Crippen molar-refractivity contribution >= 4 is 47.8 Å². The molecule has 0 spiro atoms. The van der Waals surface area contributed by atoms with Gasteiger partial charge in [0.1, 0.15) is 6.10 Å². The van der Waals surface area contributed by atoms with Gasteiger partial charge in [0.15, 0.2) is 0 Å². The summed E-state index contributed by atoms with van der Waals surface area (Å²) >= 11 is 11.3. The average molecular weight is 487 g/mol. The Bertz CT molecular complexity index is 427. The number of fused-ring (bicyclic) bond motifs is 2. The van der Waals surface area contributed by atoms with E-state index in [0.29, 0.717) is 9.65 Å². The third kappa shape index (κ3) is 3.12. The molecular weight excluding hydrogens is 468 g/mol. The Balaban J connectivity index is 1.66. The predicted octanol–water partition coefficient (Wildman–Crippen LogP) is 3.40. The van der Waals surface area contributed by atoms with Crippen molar-refractivity contribution in [2.24, 2.45) is 0 Å². The second-order valence-corrected chi connectivity index (χ2v) is 9.31. The van der Waals surface area contributed by atoms with Gasteiger partial charge in [-0.15, -0.1) is 6.42 Å². The molecule has 2 bridgehead atoms. The van der Waals surface area contributed by atoms with Crippen LogP contribution >= 0.6 is 47.8 Å². The van der Waals surface area contributed by atoms with E-state index < -0.39 is 0 Å². The number of halogens is 3. The zero-order chi connectivity index (χ0) is 15.1. The molecule has 3 aliphatic heterocycles. The molecule has 3 fully saturated rings. The summed E-state index contributed by atoms with van der Waals surface area (Å²) in [6.07, 6.45) is 8.62. The fraction of sp³-hybridized carbons (Fsp3) is 0.867. The molecule has 0 aliphatic carbocycles. The van der Waals surface area contributed by atoms with E-state index in [1.807, 2.05) is 0 Å². The van der Waals surface area contributed by atoms with Gasteiger partial charge in [0.25, 0.3) is 0 Å². The van der Waals surface area contributed by atoms with Crippen molar-refractivity contribution in [2.75, 3.05) is 0 Å². The van der Waals surface area contributed by atoms with E-state index in [1.54, 1.807) is 0 Å². The first kappa shape index (κ1) is 16.7. The molecule has 0 saturated carbocycles. The Morgan fingerprint density at radius 1 is 1.10 bits per heavy atom. The normalized spacial score (nSPS) is 50.8. The lowest BCUT2D eigenvalue weighted by atomic mass is 9.96. The fourth-order valence-electron chi connectivity index (χ4n) is 3.43. The van der Waals surface area contributed by atoms with Gasteiger partial charge in [-0.1, -0.05) is 60.6 Å². The lowest BCUT2D eigenvalue weighted by Crippen LogP contribution is -2.52. The number of terminal acetylenes is 1. The second kappa shape index (κ2) is 6.78. The molecule has 9 atom stereocenters. The van der Waals surface area contributed by atoms with Crippen molar-refractivity contribution in [1.29, 1.82) is 0 Å². The zero-order valence-corrected chi connectivity index (χ0v) is 16.5. The summed E-state index contributed by atoms with van der Waals surface area (Å²) in [6, 6.07) is 0. The smallest absolute Gasteiger partial charge is 0.144 e. The van der Waals surface area contributed by atoms with E-state index >= 15 is 0 Å². The molecule has 0 aromatic heterocycles. The molecule has 6 heteroatoms. The number of hydrogen-bond donors (Lipinski definition) is 0. The molecule has 0 aromatic rings. The molecule has 3 rings (SSSR count). The van der Waals surface area contributed by atoms with Crippen LogP contribution in [0.1, 0.15) is 26.2 Å². The Morgan fingerprint density at radius 3 is 2.43 bits per heavy atom. The Labute approximate surface area is 151 Å². The quantitative estimate of drug-likeness (QED) is 0.452. The van der Waals surface area contributed by atoms with Gasteiger partial charge in [0.2, 0.25) is 0 Å². The SMILES string of the molecule is C#C[C@@H]1O[C@@H]2C[C@H]1O[C@@H]2[C@@H](Br)[C@H]1O[C@@H](CC)[C@H](Br)C[C@@H]1Br. The first-order valence-corrected chi connectivity index (χ1v) is 10.1. The van der Waals surface area contributed by atoms with E-state index in [4.69, 9.17) is 20.6 Å². The van der Waals surface area contributed by atoms with E-state index in [2.05, 4.69) is 60.6 Å². The van der Waals surface area contributed by atoms with Crippen molar-refractivity contribution in [3.63, 3.8) is 0 Å². The largest absolute Gasteiger partial charge is 0.371 e. The molecule has 0 N–H and O–H groups in total. The Hall–Kier alpha value is 0.880. The molecule has 3 nitrogen and oxygen atoms in total. The van der Waals surface area contributed by atoms with Gasteiger partial charge in [0, 0.05) is 16.1 Å². The maximum atomic E-state index is 6.28. The maximum Gasteiger partial charge on any atom is 0.144 e. The topological polar surface area (TPSA) is 27.7 Å². The number of hydrogen-bond acceptors (Lipinski definition) is 3. The predicted molar refractivity (Wildman–Crippen MR) is 92.5 cm³/mol. The number of alkyl halides is 3. The van der Waals surface area contributed by atoms with Gasteiger partial charge in [-0.25, -0.2) is 0 Å². The lowest BCUT2D eigenvalue weighted by Gasteiger charge is -2.42. The van der Waals surface area contributed by atoms with Crippen molar-refractivity contribution in [1.82, 2.24) is 0 Å². The summed E-state index contributed by atoms with van der Waals surface area (Å²) in [6.45, 7) is 2.16. The molecule has 0 unspecified atom stereocenters. The third-order valence-corrected chi connectivity index (χ3v) is 7.46. The summed E-state index contributed by atoms with van der Waals surface area (Å²) in [5.74, 6) is 2.66. The van der Waals surface area contributed by atoms with Crippen LogP contribution in [0, 0.1) is 12.3 Å². The monoisotopic (exact) mass is 484 g/mol. The van der Waals surface area contributed by atoms with E-state index in [0.717, 1.165) is 19.3 Å². The van der Waals surface area contributed by atoms with Crippen LogP contribution in [0.3, 0.4) is 0 Å². The molecule has 3 heterocycles. The molecule has 0 radical (unpaired) electrons. The highest BCUT2D eigenvalue weighted by molar-refractivity contribution is 9.10. The van der Waals surface area contributed by atoms with Crippen LogP contribution in [0.25, 0.3) is 0 Å². The molecule has 21 heavy (non-hydrogen) atoms. The van der Waals surface area contributed by atoms with Gasteiger partial charge in [0.05, 0.1) is 35.3 Å². The van der Waals surface area contributed by atoms with Crippen molar-refractivity contribution in [2.45, 2.75) is 77.3 Å². The van der Waals surface area contributed by atoms with Crippen LogP contribution in [0.15, 0.2) is 0 Å². The number of ether oxygens (including phenoxy) is 3. The highest BCUT2D eigenvalue weighted by Crippen LogP contribution is 2.42. The molecule has 0 amide bonds. The molecule has 3 saturated heterocycles. The average Bonchev–Trinajstić information content (AvgIpc) is 3.06.